The molecule has 2 aliphatic heterocycles. The number of hydrogen-bond donors (Lipinski definition) is 0. The number of carbonyl (C=O) groups is 1. The first kappa shape index (κ1) is 21.7. The van der Waals surface area contributed by atoms with Gasteiger partial charge in [-0.15, -0.1) is 0 Å². The highest BCUT2D eigenvalue weighted by Gasteiger charge is 2.51. The maximum Gasteiger partial charge on any atom is 0.494 e. The molecular weight excluding hydrogens is 345 g/mol. The summed E-state index contributed by atoms with van der Waals surface area (Å²) in [5.74, 6) is 0.490. The van der Waals surface area contributed by atoms with Gasteiger partial charge in [0.1, 0.15) is 5.75 Å². The van der Waals surface area contributed by atoms with E-state index in [9.17, 15) is 4.79 Å². The molecule has 1 aromatic carbocycles. The average Bonchev–Trinajstić information content (AvgIpc) is 2.90. The Hall–Kier alpha value is -1.57. The number of rotatable bonds is 3. The molecule has 27 heavy (non-hydrogen) atoms. The van der Waals surface area contributed by atoms with Crippen LogP contribution in [0.5, 0.6) is 5.75 Å². The van der Waals surface area contributed by atoms with Crippen molar-refractivity contribution >= 4 is 18.5 Å². The monoisotopic (exact) mass is 377 g/mol. The Labute approximate surface area is 163 Å². The molecule has 0 bridgehead atoms. The number of methoxy groups -OCH3 is 1. The largest absolute Gasteiger partial charge is 0.496 e. The van der Waals surface area contributed by atoms with Crippen LogP contribution in [0.1, 0.15) is 51.9 Å². The van der Waals surface area contributed by atoms with Crippen molar-refractivity contribution in [2.45, 2.75) is 52.7 Å². The molecule has 2 fully saturated rings. The lowest BCUT2D eigenvalue weighted by atomic mass is 9.78. The van der Waals surface area contributed by atoms with Gasteiger partial charge in [-0.05, 0) is 45.3 Å². The molecule has 0 radical (unpaired) electrons. The fraction of sp³-hybridized carbons (Fsp3) is 0.650. The summed E-state index contributed by atoms with van der Waals surface area (Å²) in [6, 6.07) is 5.49. The summed E-state index contributed by atoms with van der Waals surface area (Å²) in [5.41, 5.74) is 0.569. The van der Waals surface area contributed by atoms with Crippen LogP contribution in [-0.2, 0) is 14.0 Å². The van der Waals surface area contributed by atoms with Crippen LogP contribution in [0, 0.1) is 0 Å². The maximum absolute atomic E-state index is 12.7. The summed E-state index contributed by atoms with van der Waals surface area (Å²) >= 11 is 0. The van der Waals surface area contributed by atoms with Gasteiger partial charge in [0, 0.05) is 13.1 Å². The Bertz CT molecular complexity index is 640. The number of benzene rings is 1. The SMILES string of the molecule is CC.COc1cc(B2OC(C)(C)C(C)(C)O2)ccc1C(=O)N1CCOCC1. The van der Waals surface area contributed by atoms with E-state index in [2.05, 4.69) is 0 Å². The molecule has 1 amide bonds. The molecule has 3 rings (SSSR count). The van der Waals surface area contributed by atoms with Gasteiger partial charge < -0.3 is 23.7 Å². The quantitative estimate of drug-likeness (QED) is 0.758. The number of carbonyl (C=O) groups excluding carboxylic acids is 1. The molecule has 0 unspecified atom stereocenters. The Balaban J connectivity index is 0.00000126. The van der Waals surface area contributed by atoms with Crippen LogP contribution >= 0.6 is 0 Å². The lowest BCUT2D eigenvalue weighted by molar-refractivity contribution is 0.00578. The van der Waals surface area contributed by atoms with Crippen molar-refractivity contribution in [2.75, 3.05) is 33.4 Å². The van der Waals surface area contributed by atoms with Crippen LogP contribution in [0.25, 0.3) is 0 Å². The Morgan fingerprint density at radius 1 is 1.07 bits per heavy atom. The van der Waals surface area contributed by atoms with Gasteiger partial charge in [0.2, 0.25) is 0 Å². The van der Waals surface area contributed by atoms with Crippen molar-refractivity contribution < 1.29 is 23.6 Å². The van der Waals surface area contributed by atoms with E-state index >= 15 is 0 Å². The standard InChI is InChI=1S/C18H26BNO5.C2H6/c1-17(2)18(3,4)25-19(24-17)13-6-7-14(15(12-13)22-5)16(21)20-8-10-23-11-9-20;1-2/h6-7,12H,8-11H2,1-5H3;1-2H3. The molecular formula is C20H32BNO5. The number of nitrogens with zero attached hydrogens (tertiary/aromatic N) is 1. The zero-order valence-corrected chi connectivity index (χ0v) is 17.6. The van der Waals surface area contributed by atoms with E-state index in [-0.39, 0.29) is 5.91 Å². The Morgan fingerprint density at radius 2 is 1.63 bits per heavy atom. The summed E-state index contributed by atoms with van der Waals surface area (Å²) in [4.78, 5) is 14.5. The van der Waals surface area contributed by atoms with Gasteiger partial charge in [-0.1, -0.05) is 19.9 Å². The summed E-state index contributed by atoms with van der Waals surface area (Å²) in [7, 11) is 1.09. The van der Waals surface area contributed by atoms with Crippen molar-refractivity contribution in [3.63, 3.8) is 0 Å². The van der Waals surface area contributed by atoms with Crippen LogP contribution in [0.3, 0.4) is 0 Å². The maximum atomic E-state index is 12.7. The Kier molecular flexibility index (Phi) is 6.95. The Morgan fingerprint density at radius 3 is 2.15 bits per heavy atom. The fourth-order valence-electron chi connectivity index (χ4n) is 2.95. The molecule has 0 saturated carbocycles. The molecule has 6 nitrogen and oxygen atoms in total. The highest BCUT2D eigenvalue weighted by molar-refractivity contribution is 6.62. The van der Waals surface area contributed by atoms with E-state index in [0.717, 1.165) is 5.46 Å². The second kappa shape index (κ2) is 8.63. The van der Waals surface area contributed by atoms with Gasteiger partial charge in [-0.25, -0.2) is 0 Å². The highest BCUT2D eigenvalue weighted by atomic mass is 16.7. The van der Waals surface area contributed by atoms with Gasteiger partial charge in [-0.2, -0.15) is 0 Å². The third kappa shape index (κ3) is 4.47. The first-order valence-corrected chi connectivity index (χ1v) is 9.66. The molecule has 7 heteroatoms. The van der Waals surface area contributed by atoms with Crippen LogP contribution in [-0.4, -0.2) is 62.5 Å². The first-order chi connectivity index (χ1) is 12.7. The van der Waals surface area contributed by atoms with Crippen molar-refractivity contribution in [1.29, 1.82) is 0 Å². The molecule has 1 aromatic rings. The minimum atomic E-state index is -0.480. The van der Waals surface area contributed by atoms with Crippen molar-refractivity contribution in [2.24, 2.45) is 0 Å². The van der Waals surface area contributed by atoms with Crippen LogP contribution in [0.4, 0.5) is 0 Å². The van der Waals surface area contributed by atoms with Crippen molar-refractivity contribution in [1.82, 2.24) is 4.90 Å². The fourth-order valence-corrected chi connectivity index (χ4v) is 2.95. The summed E-state index contributed by atoms with van der Waals surface area (Å²) < 4.78 is 22.9. The van der Waals surface area contributed by atoms with Crippen molar-refractivity contribution in [3.8, 4) is 5.75 Å². The molecule has 150 valence electrons. The minimum absolute atomic E-state index is 0.0411. The molecule has 0 aromatic heterocycles. The molecule has 0 N–H and O–H groups in total. The number of morpholine rings is 1. The van der Waals surface area contributed by atoms with Gasteiger partial charge >= 0.3 is 7.12 Å². The van der Waals surface area contributed by atoms with E-state index < -0.39 is 18.3 Å². The van der Waals surface area contributed by atoms with E-state index in [1.54, 1.807) is 18.1 Å². The molecule has 0 atom stereocenters. The van der Waals surface area contributed by atoms with Crippen LogP contribution in [0.2, 0.25) is 0 Å². The smallest absolute Gasteiger partial charge is 0.494 e. The topological polar surface area (TPSA) is 57.2 Å². The predicted octanol–water partition coefficient (Wildman–Crippen LogP) is 2.49. The molecule has 0 spiro atoms. The second-order valence-corrected chi connectivity index (χ2v) is 7.45. The van der Waals surface area contributed by atoms with E-state index in [1.807, 2.05) is 53.7 Å². The van der Waals surface area contributed by atoms with Crippen LogP contribution in [0.15, 0.2) is 18.2 Å². The van der Waals surface area contributed by atoms with E-state index in [4.69, 9.17) is 18.8 Å². The van der Waals surface area contributed by atoms with Crippen molar-refractivity contribution in [3.05, 3.63) is 23.8 Å². The number of ether oxygens (including phenoxy) is 2. The van der Waals surface area contributed by atoms with Gasteiger partial charge in [-0.3, -0.25) is 4.79 Å². The third-order valence-corrected chi connectivity index (χ3v) is 5.28. The van der Waals surface area contributed by atoms with E-state index in [1.165, 1.54) is 0 Å². The highest BCUT2D eigenvalue weighted by Crippen LogP contribution is 2.36. The molecule has 2 heterocycles. The number of hydrogen-bond acceptors (Lipinski definition) is 5. The van der Waals surface area contributed by atoms with Gasteiger partial charge in [0.25, 0.3) is 5.91 Å². The minimum Gasteiger partial charge on any atom is -0.496 e. The number of amides is 1. The predicted molar refractivity (Wildman–Crippen MR) is 107 cm³/mol. The lowest BCUT2D eigenvalue weighted by Crippen LogP contribution is -2.41. The van der Waals surface area contributed by atoms with E-state index in [0.29, 0.717) is 37.6 Å². The lowest BCUT2D eigenvalue weighted by Gasteiger charge is -2.32. The molecule has 2 saturated heterocycles. The zero-order valence-electron chi connectivity index (χ0n) is 17.6. The summed E-state index contributed by atoms with van der Waals surface area (Å²) in [5, 5.41) is 0. The normalized spacial score (nSPS) is 20.7. The van der Waals surface area contributed by atoms with Gasteiger partial charge in [0.15, 0.2) is 0 Å². The average molecular weight is 377 g/mol. The van der Waals surface area contributed by atoms with Gasteiger partial charge in [0.05, 0.1) is 37.1 Å². The summed E-state index contributed by atoms with van der Waals surface area (Å²) in [6.45, 7) is 14.4. The third-order valence-electron chi connectivity index (χ3n) is 5.28. The first-order valence-electron chi connectivity index (χ1n) is 9.66. The van der Waals surface area contributed by atoms with Crippen LogP contribution < -0.4 is 10.2 Å². The summed E-state index contributed by atoms with van der Waals surface area (Å²) in [6.07, 6.45) is 0. The molecule has 0 aliphatic carbocycles. The zero-order chi connectivity index (χ0) is 20.2. The molecule has 2 aliphatic rings. The second-order valence-electron chi connectivity index (χ2n) is 7.45.